The number of carbonyl (C=O) groups excluding carboxylic acids is 1. The van der Waals surface area contributed by atoms with Crippen molar-refractivity contribution in [3.63, 3.8) is 0 Å². The molecule has 1 nitrogen and oxygen atoms in total. The molecule has 0 aromatic carbocycles. The fourth-order valence-electron chi connectivity index (χ4n) is 1.33. The maximum atomic E-state index is 11.7. The van der Waals surface area contributed by atoms with Crippen LogP contribution in [0.1, 0.15) is 33.6 Å². The highest BCUT2D eigenvalue weighted by Gasteiger charge is 2.23. The molecule has 1 aliphatic rings. The van der Waals surface area contributed by atoms with Gasteiger partial charge in [-0.2, -0.15) is 0 Å². The van der Waals surface area contributed by atoms with Crippen LogP contribution in [0.5, 0.6) is 0 Å². The topological polar surface area (TPSA) is 17.1 Å². The Hall–Kier alpha value is -0.850. The van der Waals surface area contributed by atoms with Gasteiger partial charge in [0.05, 0.1) is 0 Å². The Morgan fingerprint density at radius 3 is 2.54 bits per heavy atom. The van der Waals surface area contributed by atoms with Gasteiger partial charge in [0.1, 0.15) is 5.78 Å². The predicted molar refractivity (Wildman–Crippen MR) is 55.5 cm³/mol. The molecule has 13 heavy (non-hydrogen) atoms. The summed E-state index contributed by atoms with van der Waals surface area (Å²) >= 11 is 0. The zero-order chi connectivity index (χ0) is 9.90. The molecule has 1 aliphatic carbocycles. The van der Waals surface area contributed by atoms with Gasteiger partial charge in [-0.1, -0.05) is 45.1 Å². The molecule has 1 heteroatoms. The summed E-state index contributed by atoms with van der Waals surface area (Å²) in [4.78, 5) is 11.7. The average molecular weight is 178 g/mol. The first-order valence-corrected chi connectivity index (χ1v) is 4.87. The Bertz CT molecular complexity index is 240. The minimum atomic E-state index is -0.186. The first kappa shape index (κ1) is 10.2. The van der Waals surface area contributed by atoms with Crippen molar-refractivity contribution in [1.82, 2.24) is 0 Å². The number of hydrogen-bond donors (Lipinski definition) is 0. The lowest BCUT2D eigenvalue weighted by Gasteiger charge is -2.20. The van der Waals surface area contributed by atoms with Crippen LogP contribution < -0.4 is 0 Å². The molecule has 0 aromatic rings. The van der Waals surface area contributed by atoms with E-state index in [9.17, 15) is 4.79 Å². The Morgan fingerprint density at radius 1 is 1.38 bits per heavy atom. The van der Waals surface area contributed by atoms with Gasteiger partial charge in [-0.05, 0) is 12.3 Å². The van der Waals surface area contributed by atoms with Gasteiger partial charge < -0.3 is 0 Å². The summed E-state index contributed by atoms with van der Waals surface area (Å²) in [6.07, 6.45) is 10.0. The van der Waals surface area contributed by atoms with E-state index in [1.54, 1.807) is 0 Å². The zero-order valence-corrected chi connectivity index (χ0v) is 8.71. The molecule has 0 heterocycles. The molecule has 0 aromatic heterocycles. The predicted octanol–water partition coefficient (Wildman–Crippen LogP) is 3.12. The maximum absolute atomic E-state index is 11.7. The lowest BCUT2D eigenvalue weighted by molar-refractivity contribution is -0.126. The van der Waals surface area contributed by atoms with E-state index in [0.717, 1.165) is 6.42 Å². The summed E-state index contributed by atoms with van der Waals surface area (Å²) in [6, 6.07) is 0. The van der Waals surface area contributed by atoms with Crippen molar-refractivity contribution in [2.45, 2.75) is 33.6 Å². The second-order valence-corrected chi connectivity index (χ2v) is 4.69. The van der Waals surface area contributed by atoms with Crippen LogP contribution in [-0.4, -0.2) is 5.78 Å². The molecule has 0 radical (unpaired) electrons. The van der Waals surface area contributed by atoms with Gasteiger partial charge in [0.15, 0.2) is 0 Å². The Morgan fingerprint density at radius 2 is 2.08 bits per heavy atom. The zero-order valence-electron chi connectivity index (χ0n) is 8.71. The first-order chi connectivity index (χ1) is 6.00. The number of Topliss-reactive ketones (excluding diaryl/α,β-unsaturated/α-hetero) is 1. The highest BCUT2D eigenvalue weighted by Crippen LogP contribution is 2.23. The monoisotopic (exact) mass is 178 g/mol. The standard InChI is InChI=1S/C12H18O/c1-12(2,3)11(13)9-10-7-5-4-6-8-10/h4-7,10H,8-9H2,1-3H3. The molecule has 0 aliphatic heterocycles. The number of hydrogen-bond acceptors (Lipinski definition) is 1. The lowest BCUT2D eigenvalue weighted by atomic mass is 9.83. The second kappa shape index (κ2) is 3.91. The molecule has 0 spiro atoms. The van der Waals surface area contributed by atoms with Gasteiger partial charge in [0.25, 0.3) is 0 Å². The minimum absolute atomic E-state index is 0.186. The molecule has 0 saturated heterocycles. The molecule has 0 fully saturated rings. The van der Waals surface area contributed by atoms with E-state index >= 15 is 0 Å². The summed E-state index contributed by atoms with van der Waals surface area (Å²) in [5.74, 6) is 0.786. The molecule has 0 N–H and O–H groups in total. The third-order valence-electron chi connectivity index (χ3n) is 2.35. The summed E-state index contributed by atoms with van der Waals surface area (Å²) in [6.45, 7) is 5.95. The summed E-state index contributed by atoms with van der Waals surface area (Å²) in [7, 11) is 0. The number of rotatable bonds is 2. The molecule has 72 valence electrons. The number of allylic oxidation sites excluding steroid dienone is 4. The molecule has 0 bridgehead atoms. The largest absolute Gasteiger partial charge is 0.299 e. The Kier molecular flexibility index (Phi) is 3.07. The van der Waals surface area contributed by atoms with Crippen molar-refractivity contribution < 1.29 is 4.79 Å². The van der Waals surface area contributed by atoms with E-state index in [0.29, 0.717) is 18.1 Å². The Balaban J connectivity index is 2.46. The van der Waals surface area contributed by atoms with Crippen LogP contribution in [0.2, 0.25) is 0 Å². The van der Waals surface area contributed by atoms with Gasteiger partial charge >= 0.3 is 0 Å². The van der Waals surface area contributed by atoms with Crippen molar-refractivity contribution in [2.75, 3.05) is 0 Å². The van der Waals surface area contributed by atoms with E-state index in [2.05, 4.69) is 12.2 Å². The van der Waals surface area contributed by atoms with Gasteiger partial charge in [0.2, 0.25) is 0 Å². The number of ketones is 1. The second-order valence-electron chi connectivity index (χ2n) is 4.69. The third kappa shape index (κ3) is 3.17. The van der Waals surface area contributed by atoms with Gasteiger partial charge in [0, 0.05) is 11.8 Å². The van der Waals surface area contributed by atoms with Crippen LogP contribution in [0, 0.1) is 11.3 Å². The fourth-order valence-corrected chi connectivity index (χ4v) is 1.33. The van der Waals surface area contributed by atoms with E-state index in [1.165, 1.54) is 0 Å². The molecule has 1 unspecified atom stereocenters. The van der Waals surface area contributed by atoms with Crippen molar-refractivity contribution in [2.24, 2.45) is 11.3 Å². The van der Waals surface area contributed by atoms with Crippen LogP contribution in [0.3, 0.4) is 0 Å². The molecule has 0 amide bonds. The highest BCUT2D eigenvalue weighted by molar-refractivity contribution is 5.84. The smallest absolute Gasteiger partial charge is 0.138 e. The third-order valence-corrected chi connectivity index (χ3v) is 2.35. The van der Waals surface area contributed by atoms with E-state index in [4.69, 9.17) is 0 Å². The van der Waals surface area contributed by atoms with E-state index in [1.807, 2.05) is 32.9 Å². The van der Waals surface area contributed by atoms with Crippen LogP contribution in [-0.2, 0) is 4.79 Å². The summed E-state index contributed by atoms with van der Waals surface area (Å²) in [5.41, 5.74) is -0.186. The SMILES string of the molecule is CC(C)(C)C(=O)CC1C=CC=CC1. The van der Waals surface area contributed by atoms with Crippen LogP contribution in [0.25, 0.3) is 0 Å². The van der Waals surface area contributed by atoms with Crippen LogP contribution >= 0.6 is 0 Å². The summed E-state index contributed by atoms with van der Waals surface area (Å²) in [5, 5.41) is 0. The fraction of sp³-hybridized carbons (Fsp3) is 0.583. The minimum Gasteiger partial charge on any atom is -0.299 e. The molecule has 0 saturated carbocycles. The van der Waals surface area contributed by atoms with Gasteiger partial charge in [-0.3, -0.25) is 4.79 Å². The quantitative estimate of drug-likeness (QED) is 0.635. The molecule has 1 rings (SSSR count). The average Bonchev–Trinajstić information content (AvgIpc) is 2.04. The normalized spacial score (nSPS) is 21.9. The molecular weight excluding hydrogens is 160 g/mol. The summed E-state index contributed by atoms with van der Waals surface area (Å²) < 4.78 is 0. The van der Waals surface area contributed by atoms with Crippen molar-refractivity contribution in [1.29, 1.82) is 0 Å². The van der Waals surface area contributed by atoms with Crippen molar-refractivity contribution >= 4 is 5.78 Å². The van der Waals surface area contributed by atoms with E-state index < -0.39 is 0 Å². The van der Waals surface area contributed by atoms with Crippen molar-refractivity contribution in [3.8, 4) is 0 Å². The van der Waals surface area contributed by atoms with Crippen molar-refractivity contribution in [3.05, 3.63) is 24.3 Å². The lowest BCUT2D eigenvalue weighted by Crippen LogP contribution is -2.22. The maximum Gasteiger partial charge on any atom is 0.138 e. The number of carbonyl (C=O) groups is 1. The van der Waals surface area contributed by atoms with Crippen LogP contribution in [0.4, 0.5) is 0 Å². The molecule has 1 atom stereocenters. The van der Waals surface area contributed by atoms with Gasteiger partial charge in [-0.25, -0.2) is 0 Å². The first-order valence-electron chi connectivity index (χ1n) is 4.87. The van der Waals surface area contributed by atoms with Gasteiger partial charge in [-0.15, -0.1) is 0 Å². The van der Waals surface area contributed by atoms with Crippen LogP contribution in [0.15, 0.2) is 24.3 Å². The molecular formula is C12H18O. The van der Waals surface area contributed by atoms with E-state index in [-0.39, 0.29) is 5.41 Å². The Labute approximate surface area is 80.5 Å². The highest BCUT2D eigenvalue weighted by atomic mass is 16.1.